The second-order valence-electron chi connectivity index (χ2n) is 6.94. The molecule has 1 aromatic heterocycles. The maximum absolute atomic E-state index is 13.7. The van der Waals surface area contributed by atoms with Gasteiger partial charge in [0.1, 0.15) is 11.5 Å². The minimum atomic E-state index is -0.387. The van der Waals surface area contributed by atoms with E-state index in [4.69, 9.17) is 0 Å². The molecule has 0 bridgehead atoms. The zero-order valence-corrected chi connectivity index (χ0v) is 15.6. The van der Waals surface area contributed by atoms with Gasteiger partial charge in [-0.25, -0.2) is 9.37 Å². The molecule has 5 nitrogen and oxygen atoms in total. The largest absolute Gasteiger partial charge is 0.335 e. The monoisotopic (exact) mass is 377 g/mol. The molecule has 4 rings (SSSR count). The molecule has 0 N–H and O–H groups in total. The van der Waals surface area contributed by atoms with E-state index in [1.807, 2.05) is 30.3 Å². The van der Waals surface area contributed by atoms with E-state index in [2.05, 4.69) is 4.98 Å². The van der Waals surface area contributed by atoms with Crippen molar-refractivity contribution in [1.82, 2.24) is 14.8 Å². The first-order valence-corrected chi connectivity index (χ1v) is 9.23. The van der Waals surface area contributed by atoms with Gasteiger partial charge in [0.15, 0.2) is 0 Å². The van der Waals surface area contributed by atoms with Gasteiger partial charge >= 0.3 is 0 Å². The lowest BCUT2D eigenvalue weighted by molar-refractivity contribution is 0.0532. The number of benzene rings is 2. The molecule has 1 aliphatic heterocycles. The van der Waals surface area contributed by atoms with Crippen molar-refractivity contribution in [2.75, 3.05) is 26.2 Å². The molecule has 1 saturated heterocycles. The molecule has 142 valence electrons. The number of nitrogens with zero attached hydrogens (tertiary/aromatic N) is 3. The van der Waals surface area contributed by atoms with Gasteiger partial charge in [-0.15, -0.1) is 0 Å². The molecular formula is C22H20FN3O2. The average molecular weight is 377 g/mol. The van der Waals surface area contributed by atoms with Gasteiger partial charge in [0, 0.05) is 37.1 Å². The molecular weight excluding hydrogens is 357 g/mol. The normalized spacial score (nSPS) is 14.4. The van der Waals surface area contributed by atoms with E-state index in [0.717, 1.165) is 10.9 Å². The van der Waals surface area contributed by atoms with E-state index in [9.17, 15) is 14.0 Å². The first-order valence-electron chi connectivity index (χ1n) is 9.23. The predicted octanol–water partition coefficient (Wildman–Crippen LogP) is 3.28. The Morgan fingerprint density at radius 3 is 2.29 bits per heavy atom. The lowest BCUT2D eigenvalue weighted by Gasteiger charge is -2.34. The van der Waals surface area contributed by atoms with Crippen molar-refractivity contribution in [1.29, 1.82) is 0 Å². The standard InChI is InChI=1S/C22H20FN3O2/c1-15-6-7-17(14-18(15)23)21(27)25-10-12-26(13-11-25)22(28)20-9-8-16-4-2-3-5-19(16)24-20/h2-9,14H,10-13H2,1H3. The van der Waals surface area contributed by atoms with E-state index in [1.54, 1.807) is 34.9 Å². The summed E-state index contributed by atoms with van der Waals surface area (Å²) < 4.78 is 13.7. The van der Waals surface area contributed by atoms with Crippen LogP contribution in [0.15, 0.2) is 54.6 Å². The SMILES string of the molecule is Cc1ccc(C(=O)N2CCN(C(=O)c3ccc4ccccc4n3)CC2)cc1F. The number of carbonyl (C=O) groups is 2. The van der Waals surface area contributed by atoms with Gasteiger partial charge in [0.2, 0.25) is 0 Å². The summed E-state index contributed by atoms with van der Waals surface area (Å²) in [4.78, 5) is 33.2. The van der Waals surface area contributed by atoms with Gasteiger partial charge < -0.3 is 9.80 Å². The number of hydrogen-bond donors (Lipinski definition) is 0. The van der Waals surface area contributed by atoms with E-state index >= 15 is 0 Å². The van der Waals surface area contributed by atoms with Crippen LogP contribution in [0.3, 0.4) is 0 Å². The Kier molecular flexibility index (Phi) is 4.77. The summed E-state index contributed by atoms with van der Waals surface area (Å²) in [5, 5.41) is 0.986. The van der Waals surface area contributed by atoms with Crippen LogP contribution < -0.4 is 0 Å². The maximum atomic E-state index is 13.7. The Morgan fingerprint density at radius 2 is 1.57 bits per heavy atom. The van der Waals surface area contributed by atoms with Crippen molar-refractivity contribution in [2.45, 2.75) is 6.92 Å². The Labute approximate surface area is 162 Å². The molecule has 0 aliphatic carbocycles. The third-order valence-electron chi connectivity index (χ3n) is 5.09. The molecule has 0 unspecified atom stereocenters. The summed E-state index contributed by atoms with van der Waals surface area (Å²) in [6.45, 7) is 3.33. The number of piperazine rings is 1. The summed E-state index contributed by atoms with van der Waals surface area (Å²) in [5.41, 5.74) is 2.02. The van der Waals surface area contributed by atoms with Gasteiger partial charge in [0.25, 0.3) is 11.8 Å². The molecule has 2 aromatic carbocycles. The van der Waals surface area contributed by atoms with Crippen molar-refractivity contribution in [2.24, 2.45) is 0 Å². The van der Waals surface area contributed by atoms with Gasteiger partial charge in [-0.1, -0.05) is 30.3 Å². The second kappa shape index (κ2) is 7.38. The Morgan fingerprint density at radius 1 is 0.893 bits per heavy atom. The molecule has 3 aromatic rings. The number of carbonyl (C=O) groups excluding carboxylic acids is 2. The average Bonchev–Trinajstić information content (AvgIpc) is 2.74. The molecule has 0 radical (unpaired) electrons. The second-order valence-corrected chi connectivity index (χ2v) is 6.94. The van der Waals surface area contributed by atoms with Gasteiger partial charge in [-0.2, -0.15) is 0 Å². The Hall–Kier alpha value is -3.28. The minimum Gasteiger partial charge on any atom is -0.335 e. The number of rotatable bonds is 2. The first kappa shape index (κ1) is 18.1. The molecule has 2 heterocycles. The predicted molar refractivity (Wildman–Crippen MR) is 105 cm³/mol. The van der Waals surface area contributed by atoms with E-state index in [-0.39, 0.29) is 17.6 Å². The zero-order valence-electron chi connectivity index (χ0n) is 15.6. The fraction of sp³-hybridized carbons (Fsp3) is 0.227. The third kappa shape index (κ3) is 3.45. The fourth-order valence-corrected chi connectivity index (χ4v) is 3.37. The number of aryl methyl sites for hydroxylation is 1. The number of aromatic nitrogens is 1. The van der Waals surface area contributed by atoms with Crippen LogP contribution in [0.2, 0.25) is 0 Å². The van der Waals surface area contributed by atoms with Crippen molar-refractivity contribution in [3.63, 3.8) is 0 Å². The Balaban J connectivity index is 1.43. The van der Waals surface area contributed by atoms with Crippen LogP contribution in [0.1, 0.15) is 26.4 Å². The van der Waals surface area contributed by atoms with Crippen molar-refractivity contribution >= 4 is 22.7 Å². The van der Waals surface area contributed by atoms with Crippen molar-refractivity contribution in [3.05, 3.63) is 77.2 Å². The topological polar surface area (TPSA) is 53.5 Å². The number of para-hydroxylation sites is 1. The van der Waals surface area contributed by atoms with Crippen molar-refractivity contribution in [3.8, 4) is 0 Å². The summed E-state index contributed by atoms with van der Waals surface area (Å²) in [6, 6.07) is 15.8. The number of fused-ring (bicyclic) bond motifs is 1. The lowest BCUT2D eigenvalue weighted by atomic mass is 10.1. The summed E-state index contributed by atoms with van der Waals surface area (Å²) in [7, 11) is 0. The van der Waals surface area contributed by atoms with Crippen LogP contribution in [0, 0.1) is 12.7 Å². The van der Waals surface area contributed by atoms with Crippen LogP contribution >= 0.6 is 0 Å². The number of halogens is 1. The quantitative estimate of drug-likeness (QED) is 0.689. The fourth-order valence-electron chi connectivity index (χ4n) is 3.37. The van der Waals surface area contributed by atoms with E-state index in [1.165, 1.54) is 6.07 Å². The third-order valence-corrected chi connectivity index (χ3v) is 5.09. The lowest BCUT2D eigenvalue weighted by Crippen LogP contribution is -2.50. The number of pyridine rings is 1. The summed E-state index contributed by atoms with van der Waals surface area (Å²) in [6.07, 6.45) is 0. The zero-order chi connectivity index (χ0) is 19.7. The molecule has 0 atom stereocenters. The van der Waals surface area contributed by atoms with Crippen molar-refractivity contribution < 1.29 is 14.0 Å². The van der Waals surface area contributed by atoms with Gasteiger partial charge in [-0.05, 0) is 36.8 Å². The molecule has 0 spiro atoms. The van der Waals surface area contributed by atoms with Crippen LogP contribution in [-0.2, 0) is 0 Å². The molecule has 0 saturated carbocycles. The molecule has 6 heteroatoms. The smallest absolute Gasteiger partial charge is 0.272 e. The van der Waals surface area contributed by atoms with Crippen LogP contribution in [0.4, 0.5) is 4.39 Å². The highest BCUT2D eigenvalue weighted by atomic mass is 19.1. The summed E-state index contributed by atoms with van der Waals surface area (Å²) >= 11 is 0. The van der Waals surface area contributed by atoms with Crippen LogP contribution in [-0.4, -0.2) is 52.8 Å². The Bertz CT molecular complexity index is 1060. The molecule has 2 amide bonds. The van der Waals surface area contributed by atoms with Gasteiger partial charge in [-0.3, -0.25) is 9.59 Å². The number of amides is 2. The highest BCUT2D eigenvalue weighted by Crippen LogP contribution is 2.16. The number of hydrogen-bond acceptors (Lipinski definition) is 3. The van der Waals surface area contributed by atoms with Gasteiger partial charge in [0.05, 0.1) is 5.52 Å². The highest BCUT2D eigenvalue weighted by Gasteiger charge is 2.26. The minimum absolute atomic E-state index is 0.140. The van der Waals surface area contributed by atoms with E-state index < -0.39 is 0 Å². The maximum Gasteiger partial charge on any atom is 0.272 e. The van der Waals surface area contributed by atoms with E-state index in [0.29, 0.717) is 43.0 Å². The highest BCUT2D eigenvalue weighted by molar-refractivity contribution is 5.96. The molecule has 1 aliphatic rings. The molecule has 28 heavy (non-hydrogen) atoms. The van der Waals surface area contributed by atoms with Crippen LogP contribution in [0.25, 0.3) is 10.9 Å². The summed E-state index contributed by atoms with van der Waals surface area (Å²) in [5.74, 6) is -0.740. The first-order chi connectivity index (χ1) is 13.5. The van der Waals surface area contributed by atoms with Crippen LogP contribution in [0.5, 0.6) is 0 Å². The molecule has 1 fully saturated rings.